The van der Waals surface area contributed by atoms with E-state index in [1.807, 2.05) is 30.3 Å². The monoisotopic (exact) mass is 627 g/mol. The average Bonchev–Trinajstić information content (AvgIpc) is 3.57. The molecular formula is C45H29N3O. The van der Waals surface area contributed by atoms with E-state index in [2.05, 4.69) is 146 Å². The van der Waals surface area contributed by atoms with Crippen molar-refractivity contribution >= 4 is 21.9 Å². The van der Waals surface area contributed by atoms with Crippen LogP contribution < -0.4 is 0 Å². The molecule has 0 bridgehead atoms. The zero-order valence-electron chi connectivity index (χ0n) is 26.5. The first-order chi connectivity index (χ1) is 24.3. The molecule has 0 spiro atoms. The summed E-state index contributed by atoms with van der Waals surface area (Å²) in [5, 5.41) is 2.00. The summed E-state index contributed by atoms with van der Waals surface area (Å²) in [6, 6.07) is 60.4. The summed E-state index contributed by atoms with van der Waals surface area (Å²) in [6.07, 6.45) is 0. The smallest absolute Gasteiger partial charge is 0.164 e. The first-order valence-corrected chi connectivity index (χ1v) is 16.4. The highest BCUT2D eigenvalue weighted by atomic mass is 16.3. The van der Waals surface area contributed by atoms with Gasteiger partial charge in [0.15, 0.2) is 17.5 Å². The van der Waals surface area contributed by atoms with Gasteiger partial charge >= 0.3 is 0 Å². The van der Waals surface area contributed by atoms with E-state index < -0.39 is 0 Å². The van der Waals surface area contributed by atoms with Gasteiger partial charge < -0.3 is 4.42 Å². The van der Waals surface area contributed by atoms with Crippen molar-refractivity contribution in [3.05, 3.63) is 176 Å². The van der Waals surface area contributed by atoms with Crippen molar-refractivity contribution in [3.63, 3.8) is 0 Å². The van der Waals surface area contributed by atoms with Gasteiger partial charge in [-0.3, -0.25) is 0 Å². The highest BCUT2D eigenvalue weighted by Gasteiger charge is 2.19. The van der Waals surface area contributed by atoms with Crippen molar-refractivity contribution in [3.8, 4) is 67.5 Å². The zero-order valence-corrected chi connectivity index (χ0v) is 26.5. The van der Waals surface area contributed by atoms with Gasteiger partial charge in [-0.25, -0.2) is 15.0 Å². The maximum atomic E-state index is 6.39. The highest BCUT2D eigenvalue weighted by molar-refractivity contribution is 6.12. The van der Waals surface area contributed by atoms with Crippen LogP contribution in [0.2, 0.25) is 0 Å². The van der Waals surface area contributed by atoms with Crippen LogP contribution in [-0.2, 0) is 0 Å². The lowest BCUT2D eigenvalue weighted by Crippen LogP contribution is -2.00. The van der Waals surface area contributed by atoms with E-state index in [9.17, 15) is 0 Å². The first-order valence-electron chi connectivity index (χ1n) is 16.4. The summed E-state index contributed by atoms with van der Waals surface area (Å²) >= 11 is 0. The second kappa shape index (κ2) is 12.2. The fourth-order valence-electron chi connectivity index (χ4n) is 6.51. The van der Waals surface area contributed by atoms with E-state index in [1.165, 1.54) is 0 Å². The number of rotatable bonds is 6. The summed E-state index contributed by atoms with van der Waals surface area (Å²) in [4.78, 5) is 15.4. The molecular weight excluding hydrogens is 599 g/mol. The molecule has 9 aromatic rings. The largest absolute Gasteiger partial charge is 0.456 e. The van der Waals surface area contributed by atoms with Gasteiger partial charge in [0.1, 0.15) is 11.2 Å². The predicted molar refractivity (Wildman–Crippen MR) is 200 cm³/mol. The molecule has 0 N–H and O–H groups in total. The minimum absolute atomic E-state index is 0.591. The third-order valence-corrected chi connectivity index (χ3v) is 8.93. The Labute approximate surface area is 284 Å². The number of hydrogen-bond donors (Lipinski definition) is 0. The van der Waals surface area contributed by atoms with Crippen molar-refractivity contribution in [2.24, 2.45) is 0 Å². The van der Waals surface area contributed by atoms with Crippen LogP contribution in [0.4, 0.5) is 0 Å². The van der Waals surface area contributed by atoms with Crippen molar-refractivity contribution in [2.75, 3.05) is 0 Å². The van der Waals surface area contributed by atoms with Crippen LogP contribution in [0.25, 0.3) is 89.5 Å². The highest BCUT2D eigenvalue weighted by Crippen LogP contribution is 2.39. The Morgan fingerprint density at radius 2 is 0.755 bits per heavy atom. The van der Waals surface area contributed by atoms with Gasteiger partial charge in [0.2, 0.25) is 0 Å². The van der Waals surface area contributed by atoms with Gasteiger partial charge in [-0.05, 0) is 63.7 Å². The molecule has 4 heteroatoms. The second-order valence-corrected chi connectivity index (χ2v) is 12.1. The van der Waals surface area contributed by atoms with E-state index in [0.717, 1.165) is 72.0 Å². The molecule has 7 aromatic carbocycles. The normalized spacial score (nSPS) is 11.3. The fourth-order valence-corrected chi connectivity index (χ4v) is 6.51. The van der Waals surface area contributed by atoms with Crippen LogP contribution in [0, 0.1) is 0 Å². The molecule has 0 saturated heterocycles. The Bertz CT molecular complexity index is 2490. The topological polar surface area (TPSA) is 51.8 Å². The molecule has 9 rings (SSSR count). The molecule has 0 amide bonds. The second-order valence-electron chi connectivity index (χ2n) is 12.1. The molecule has 4 nitrogen and oxygen atoms in total. The maximum Gasteiger partial charge on any atom is 0.164 e. The molecule has 0 unspecified atom stereocenters. The van der Waals surface area contributed by atoms with Crippen molar-refractivity contribution in [1.82, 2.24) is 15.0 Å². The van der Waals surface area contributed by atoms with Gasteiger partial charge in [-0.15, -0.1) is 0 Å². The molecule has 0 atom stereocenters. The Balaban J connectivity index is 1.26. The standard InChI is InChI=1S/C45H29N3O/c1-4-13-30(14-5-1)33-19-10-21-36(27-33)43-46-44(37-22-11-20-34(28-37)31-15-6-2-7-16-31)48-45(47-43)38-23-12-24-41-42(38)39-29-35(25-26-40(39)49-41)32-17-8-3-9-18-32/h1-29H. The molecule has 0 aliphatic rings. The lowest BCUT2D eigenvalue weighted by Gasteiger charge is -2.11. The molecule has 230 valence electrons. The van der Waals surface area contributed by atoms with Crippen LogP contribution in [0.1, 0.15) is 0 Å². The molecule has 0 aliphatic heterocycles. The number of benzene rings is 7. The molecule has 0 fully saturated rings. The van der Waals surface area contributed by atoms with E-state index in [4.69, 9.17) is 19.4 Å². The van der Waals surface area contributed by atoms with Crippen LogP contribution in [0.3, 0.4) is 0 Å². The summed E-state index contributed by atoms with van der Waals surface area (Å²) in [7, 11) is 0. The van der Waals surface area contributed by atoms with Gasteiger partial charge in [0.05, 0.1) is 0 Å². The summed E-state index contributed by atoms with van der Waals surface area (Å²) < 4.78 is 6.39. The molecule has 2 heterocycles. The Kier molecular flexibility index (Phi) is 7.10. The Hall–Kier alpha value is -6.65. The summed E-state index contributed by atoms with van der Waals surface area (Å²) in [6.45, 7) is 0. The predicted octanol–water partition coefficient (Wildman–Crippen LogP) is 11.8. The molecule has 0 aliphatic carbocycles. The lowest BCUT2D eigenvalue weighted by atomic mass is 10.00. The molecule has 0 radical (unpaired) electrons. The molecule has 0 saturated carbocycles. The number of aromatic nitrogens is 3. The van der Waals surface area contributed by atoms with Crippen LogP contribution in [-0.4, -0.2) is 15.0 Å². The van der Waals surface area contributed by atoms with Gasteiger partial charge in [0, 0.05) is 27.5 Å². The van der Waals surface area contributed by atoms with Crippen LogP contribution in [0.15, 0.2) is 180 Å². The van der Waals surface area contributed by atoms with E-state index >= 15 is 0 Å². The van der Waals surface area contributed by atoms with Gasteiger partial charge in [-0.1, -0.05) is 146 Å². The van der Waals surface area contributed by atoms with E-state index in [-0.39, 0.29) is 0 Å². The van der Waals surface area contributed by atoms with Crippen molar-refractivity contribution in [1.29, 1.82) is 0 Å². The number of nitrogens with zero attached hydrogens (tertiary/aromatic N) is 3. The number of furan rings is 1. The third kappa shape index (κ3) is 5.45. The summed E-state index contributed by atoms with van der Waals surface area (Å²) in [5.41, 5.74) is 11.1. The van der Waals surface area contributed by atoms with Crippen molar-refractivity contribution in [2.45, 2.75) is 0 Å². The Morgan fingerprint density at radius 1 is 0.306 bits per heavy atom. The lowest BCUT2D eigenvalue weighted by molar-refractivity contribution is 0.669. The zero-order chi connectivity index (χ0) is 32.6. The average molecular weight is 628 g/mol. The molecule has 49 heavy (non-hydrogen) atoms. The van der Waals surface area contributed by atoms with Crippen LogP contribution in [0.5, 0.6) is 0 Å². The maximum absolute atomic E-state index is 6.39. The van der Waals surface area contributed by atoms with Gasteiger partial charge in [0.25, 0.3) is 0 Å². The fraction of sp³-hybridized carbons (Fsp3) is 0. The van der Waals surface area contributed by atoms with E-state index in [1.54, 1.807) is 0 Å². The van der Waals surface area contributed by atoms with Crippen molar-refractivity contribution < 1.29 is 4.42 Å². The Morgan fingerprint density at radius 3 is 1.31 bits per heavy atom. The number of hydrogen-bond acceptors (Lipinski definition) is 4. The number of fused-ring (bicyclic) bond motifs is 3. The SMILES string of the molecule is c1ccc(-c2cccc(-c3nc(-c4cccc(-c5ccccc5)c4)nc(-c4cccc5oc6ccc(-c7ccccc7)cc6c45)n3)c2)cc1. The first kappa shape index (κ1) is 28.6. The molecule has 2 aromatic heterocycles. The third-order valence-electron chi connectivity index (χ3n) is 8.93. The van der Waals surface area contributed by atoms with Gasteiger partial charge in [-0.2, -0.15) is 0 Å². The minimum atomic E-state index is 0.591. The minimum Gasteiger partial charge on any atom is -0.456 e. The van der Waals surface area contributed by atoms with Crippen LogP contribution >= 0.6 is 0 Å². The quantitative estimate of drug-likeness (QED) is 0.184. The summed E-state index contributed by atoms with van der Waals surface area (Å²) in [5.74, 6) is 1.81. The van der Waals surface area contributed by atoms with E-state index in [0.29, 0.717) is 17.5 Å².